The van der Waals surface area contributed by atoms with Gasteiger partial charge in [0.05, 0.1) is 5.56 Å². The largest absolute Gasteiger partial charge is 0.416 e. The number of carbonyl (C=O) groups excluding carboxylic acids is 1. The van der Waals surface area contributed by atoms with Crippen LogP contribution in [0, 0.1) is 0 Å². The first-order valence-corrected chi connectivity index (χ1v) is 6.08. The molecule has 1 aliphatic heterocycles. The lowest BCUT2D eigenvalue weighted by molar-refractivity contribution is -0.137. The number of alkyl halides is 3. The van der Waals surface area contributed by atoms with E-state index in [0.29, 0.717) is 25.2 Å². The van der Waals surface area contributed by atoms with Crippen molar-refractivity contribution in [2.24, 2.45) is 0 Å². The molecule has 0 spiro atoms. The Hall–Kier alpha value is -1.56. The summed E-state index contributed by atoms with van der Waals surface area (Å²) in [5.41, 5.74) is -0.445. The van der Waals surface area contributed by atoms with Crippen molar-refractivity contribution < 1.29 is 18.0 Å². The molecule has 0 saturated carbocycles. The molecule has 0 aromatic heterocycles. The molecule has 2 rings (SSSR count). The fourth-order valence-corrected chi connectivity index (χ4v) is 2.11. The summed E-state index contributed by atoms with van der Waals surface area (Å²) in [4.78, 5) is 13.9. The average Bonchev–Trinajstić information content (AvgIpc) is 2.38. The van der Waals surface area contributed by atoms with E-state index in [0.717, 1.165) is 12.1 Å². The minimum Gasteiger partial charge on any atom is -0.333 e. The summed E-state index contributed by atoms with van der Waals surface area (Å²) < 4.78 is 37.3. The molecule has 0 aliphatic carbocycles. The van der Waals surface area contributed by atoms with Gasteiger partial charge < -0.3 is 10.2 Å². The van der Waals surface area contributed by atoms with Crippen LogP contribution in [0.25, 0.3) is 0 Å². The molecule has 1 aliphatic rings. The first-order chi connectivity index (χ1) is 8.89. The van der Waals surface area contributed by atoms with E-state index >= 15 is 0 Å². The maximum Gasteiger partial charge on any atom is 0.416 e. The molecule has 19 heavy (non-hydrogen) atoms. The monoisotopic (exact) mass is 272 g/mol. The first-order valence-electron chi connectivity index (χ1n) is 6.08. The maximum atomic E-state index is 12.4. The SMILES string of the molecule is C[C@@H]1CNCCN1C(=O)c1ccc(C(F)(F)F)cc1. The Morgan fingerprint density at radius 3 is 2.47 bits per heavy atom. The molecule has 1 fully saturated rings. The molecule has 0 bridgehead atoms. The maximum absolute atomic E-state index is 12.4. The van der Waals surface area contributed by atoms with Gasteiger partial charge in [0.15, 0.2) is 0 Å². The van der Waals surface area contributed by atoms with Crippen LogP contribution in [0.1, 0.15) is 22.8 Å². The summed E-state index contributed by atoms with van der Waals surface area (Å²) >= 11 is 0. The van der Waals surface area contributed by atoms with Crippen LogP contribution in [-0.4, -0.2) is 36.5 Å². The van der Waals surface area contributed by atoms with Gasteiger partial charge in [-0.1, -0.05) is 0 Å². The Kier molecular flexibility index (Phi) is 3.80. The van der Waals surface area contributed by atoms with E-state index < -0.39 is 11.7 Å². The van der Waals surface area contributed by atoms with Crippen molar-refractivity contribution in [1.29, 1.82) is 0 Å². The molecule has 0 unspecified atom stereocenters. The van der Waals surface area contributed by atoms with Crippen molar-refractivity contribution >= 4 is 5.91 Å². The quantitative estimate of drug-likeness (QED) is 0.849. The van der Waals surface area contributed by atoms with Gasteiger partial charge in [-0.05, 0) is 31.2 Å². The van der Waals surface area contributed by atoms with Crippen molar-refractivity contribution in [3.8, 4) is 0 Å². The second-order valence-corrected chi connectivity index (χ2v) is 4.63. The number of halogens is 3. The number of carbonyl (C=O) groups is 1. The highest BCUT2D eigenvalue weighted by Gasteiger charge is 2.31. The Labute approximate surface area is 109 Å². The second kappa shape index (κ2) is 5.21. The van der Waals surface area contributed by atoms with Crippen molar-refractivity contribution in [2.75, 3.05) is 19.6 Å². The van der Waals surface area contributed by atoms with Crippen LogP contribution in [0.4, 0.5) is 13.2 Å². The van der Waals surface area contributed by atoms with Gasteiger partial charge in [0.2, 0.25) is 0 Å². The lowest BCUT2D eigenvalue weighted by Gasteiger charge is -2.34. The summed E-state index contributed by atoms with van der Waals surface area (Å²) in [5, 5.41) is 3.16. The number of amides is 1. The summed E-state index contributed by atoms with van der Waals surface area (Å²) in [6.45, 7) is 3.89. The molecule has 3 nitrogen and oxygen atoms in total. The van der Waals surface area contributed by atoms with Crippen LogP contribution in [-0.2, 0) is 6.18 Å². The number of nitrogens with one attached hydrogen (secondary N) is 1. The lowest BCUT2D eigenvalue weighted by Crippen LogP contribution is -2.52. The topological polar surface area (TPSA) is 32.3 Å². The minimum atomic E-state index is -4.37. The summed E-state index contributed by atoms with van der Waals surface area (Å²) in [5.74, 6) is -0.220. The number of benzene rings is 1. The molecular weight excluding hydrogens is 257 g/mol. The average molecular weight is 272 g/mol. The third-order valence-corrected chi connectivity index (χ3v) is 3.22. The standard InChI is InChI=1S/C13H15F3N2O/c1-9-8-17-6-7-18(9)12(19)10-2-4-11(5-3-10)13(14,15)16/h2-5,9,17H,6-8H2,1H3/t9-/m1/s1. The summed E-state index contributed by atoms with van der Waals surface area (Å²) in [6, 6.07) is 4.41. The molecule has 1 amide bonds. The van der Waals surface area contributed by atoms with Gasteiger partial charge in [0.25, 0.3) is 5.91 Å². The van der Waals surface area contributed by atoms with E-state index in [1.807, 2.05) is 6.92 Å². The molecule has 1 N–H and O–H groups in total. The predicted molar refractivity (Wildman–Crippen MR) is 64.8 cm³/mol. The van der Waals surface area contributed by atoms with Gasteiger partial charge in [0.1, 0.15) is 0 Å². The predicted octanol–water partition coefficient (Wildman–Crippen LogP) is 2.14. The molecule has 104 valence electrons. The Balaban J connectivity index is 2.15. The zero-order chi connectivity index (χ0) is 14.0. The van der Waals surface area contributed by atoms with Crippen LogP contribution in [0.5, 0.6) is 0 Å². The normalized spacial score (nSPS) is 20.4. The van der Waals surface area contributed by atoms with Crippen LogP contribution in [0.15, 0.2) is 24.3 Å². The van der Waals surface area contributed by atoms with Crippen molar-refractivity contribution in [1.82, 2.24) is 10.2 Å². The Morgan fingerprint density at radius 2 is 1.95 bits per heavy atom. The number of rotatable bonds is 1. The molecule has 1 heterocycles. The van der Waals surface area contributed by atoms with Crippen LogP contribution < -0.4 is 5.32 Å². The highest BCUT2D eigenvalue weighted by atomic mass is 19.4. The van der Waals surface area contributed by atoms with Crippen LogP contribution in [0.3, 0.4) is 0 Å². The second-order valence-electron chi connectivity index (χ2n) is 4.63. The summed E-state index contributed by atoms with van der Waals surface area (Å²) in [7, 11) is 0. The first kappa shape index (κ1) is 13.9. The smallest absolute Gasteiger partial charge is 0.333 e. The fourth-order valence-electron chi connectivity index (χ4n) is 2.11. The number of nitrogens with zero attached hydrogens (tertiary/aromatic N) is 1. The van der Waals surface area contributed by atoms with Gasteiger partial charge in [-0.2, -0.15) is 13.2 Å². The number of hydrogen-bond acceptors (Lipinski definition) is 2. The molecule has 1 aromatic carbocycles. The lowest BCUT2D eigenvalue weighted by atomic mass is 10.1. The zero-order valence-corrected chi connectivity index (χ0v) is 10.5. The van der Waals surface area contributed by atoms with Crippen molar-refractivity contribution in [3.05, 3.63) is 35.4 Å². The fraction of sp³-hybridized carbons (Fsp3) is 0.462. The number of piperazine rings is 1. The highest BCUT2D eigenvalue weighted by Crippen LogP contribution is 2.29. The van der Waals surface area contributed by atoms with E-state index in [9.17, 15) is 18.0 Å². The van der Waals surface area contributed by atoms with E-state index in [-0.39, 0.29) is 11.9 Å². The third kappa shape index (κ3) is 3.07. The Morgan fingerprint density at radius 1 is 1.32 bits per heavy atom. The van der Waals surface area contributed by atoms with Crippen LogP contribution in [0.2, 0.25) is 0 Å². The van der Waals surface area contributed by atoms with E-state index in [4.69, 9.17) is 0 Å². The van der Waals surface area contributed by atoms with E-state index in [1.54, 1.807) is 4.90 Å². The van der Waals surface area contributed by atoms with Crippen LogP contribution >= 0.6 is 0 Å². The zero-order valence-electron chi connectivity index (χ0n) is 10.5. The van der Waals surface area contributed by atoms with Gasteiger partial charge in [0, 0.05) is 31.2 Å². The Bertz CT molecular complexity index is 456. The summed E-state index contributed by atoms with van der Waals surface area (Å²) in [6.07, 6.45) is -4.37. The van der Waals surface area contributed by atoms with Gasteiger partial charge in [-0.15, -0.1) is 0 Å². The van der Waals surface area contributed by atoms with Crippen molar-refractivity contribution in [2.45, 2.75) is 19.1 Å². The third-order valence-electron chi connectivity index (χ3n) is 3.22. The molecular formula is C13H15F3N2O. The minimum absolute atomic E-state index is 0.0449. The van der Waals surface area contributed by atoms with E-state index in [1.165, 1.54) is 12.1 Å². The highest BCUT2D eigenvalue weighted by molar-refractivity contribution is 5.94. The van der Waals surface area contributed by atoms with Gasteiger partial charge in [-0.25, -0.2) is 0 Å². The van der Waals surface area contributed by atoms with Gasteiger partial charge in [-0.3, -0.25) is 4.79 Å². The van der Waals surface area contributed by atoms with E-state index in [2.05, 4.69) is 5.32 Å². The number of hydrogen-bond donors (Lipinski definition) is 1. The molecule has 1 aromatic rings. The molecule has 1 saturated heterocycles. The molecule has 6 heteroatoms. The van der Waals surface area contributed by atoms with Gasteiger partial charge >= 0.3 is 6.18 Å². The molecule has 0 radical (unpaired) electrons. The van der Waals surface area contributed by atoms with Crippen molar-refractivity contribution in [3.63, 3.8) is 0 Å². The molecule has 1 atom stereocenters.